The highest BCUT2D eigenvalue weighted by Crippen LogP contribution is 2.54. The molecule has 13 nitrogen and oxygen atoms in total. The lowest BCUT2D eigenvalue weighted by molar-refractivity contribution is -0.246. The molecule has 13 heteroatoms. The van der Waals surface area contributed by atoms with Crippen LogP contribution in [0.5, 0.6) is 5.75 Å². The van der Waals surface area contributed by atoms with Gasteiger partial charge in [0, 0.05) is 31.3 Å². The van der Waals surface area contributed by atoms with Crippen molar-refractivity contribution in [2.45, 2.75) is 24.5 Å². The molecule has 1 amide bonds. The fourth-order valence-corrected chi connectivity index (χ4v) is 5.81. The van der Waals surface area contributed by atoms with Crippen molar-refractivity contribution in [2.75, 3.05) is 38.3 Å². The lowest BCUT2D eigenvalue weighted by Gasteiger charge is -2.51. The molecule has 1 saturated carbocycles. The number of nitrogens with two attached hydrogens (primary N) is 1. The number of nitrogens with zero attached hydrogens (tertiary/aromatic N) is 3. The van der Waals surface area contributed by atoms with E-state index in [0.29, 0.717) is 11.3 Å². The van der Waals surface area contributed by atoms with Crippen molar-refractivity contribution in [1.82, 2.24) is 4.90 Å². The average molecular weight is 503 g/mol. The van der Waals surface area contributed by atoms with Gasteiger partial charge in [0.2, 0.25) is 0 Å². The first-order valence-electron chi connectivity index (χ1n) is 11.0. The van der Waals surface area contributed by atoms with Crippen LogP contribution >= 0.6 is 0 Å². The van der Waals surface area contributed by atoms with Gasteiger partial charge in [0.1, 0.15) is 17.0 Å². The maximum Gasteiger partial charge on any atom is 0.255 e. The summed E-state index contributed by atoms with van der Waals surface area (Å²) in [6.45, 7) is 0. The summed E-state index contributed by atoms with van der Waals surface area (Å²) in [5.74, 6) is -8.38. The molecule has 0 radical (unpaired) electrons. The number of aliphatic hydroxyl groups is 2. The molecule has 1 aromatic carbocycles. The van der Waals surface area contributed by atoms with E-state index in [1.807, 2.05) is 0 Å². The molecular formula is C23H27N4O9-. The van der Waals surface area contributed by atoms with E-state index in [4.69, 9.17) is 5.73 Å². The van der Waals surface area contributed by atoms with Crippen LogP contribution < -0.4 is 21.0 Å². The van der Waals surface area contributed by atoms with Gasteiger partial charge in [-0.25, -0.2) is 0 Å². The Morgan fingerprint density at radius 1 is 1.14 bits per heavy atom. The Balaban J connectivity index is 2.02. The zero-order valence-electron chi connectivity index (χ0n) is 20.0. The number of phenols is 1. The van der Waals surface area contributed by atoms with Crippen molar-refractivity contribution in [1.29, 1.82) is 0 Å². The smallest absolute Gasteiger partial charge is 0.255 e. The fraction of sp³-hybridized carbons (Fsp3) is 0.435. The van der Waals surface area contributed by atoms with E-state index in [2.05, 4.69) is 0 Å². The highest BCUT2D eigenvalue weighted by molar-refractivity contribution is 6.24. The van der Waals surface area contributed by atoms with Crippen LogP contribution in [0, 0.1) is 11.8 Å². The third-order valence-electron chi connectivity index (χ3n) is 7.35. The highest BCUT2D eigenvalue weighted by Gasteiger charge is 2.63. The molecule has 4 atom stereocenters. The summed E-state index contributed by atoms with van der Waals surface area (Å²) in [6.07, 6.45) is -0.0522. The molecule has 3 aliphatic rings. The van der Waals surface area contributed by atoms with E-state index < -0.39 is 75.1 Å². The van der Waals surface area contributed by atoms with Crippen molar-refractivity contribution < 1.29 is 45.2 Å². The quantitative estimate of drug-likeness (QED) is 0.203. The molecule has 3 aliphatic carbocycles. The van der Waals surface area contributed by atoms with E-state index >= 15 is 0 Å². The van der Waals surface area contributed by atoms with Crippen LogP contribution in [0.2, 0.25) is 0 Å². The van der Waals surface area contributed by atoms with Crippen molar-refractivity contribution in [3.05, 3.63) is 34.1 Å². The molecule has 0 bridgehead atoms. The summed E-state index contributed by atoms with van der Waals surface area (Å²) in [4.78, 5) is 41.8. The van der Waals surface area contributed by atoms with Gasteiger partial charge in [-0.3, -0.25) is 29.7 Å². The molecule has 1 aromatic rings. The number of aromatic hydroxyl groups is 1. The van der Waals surface area contributed by atoms with E-state index in [0.717, 1.165) is 0 Å². The second-order valence-corrected chi connectivity index (χ2v) is 9.74. The normalized spacial score (nSPS) is 27.6. The second kappa shape index (κ2) is 8.20. The highest BCUT2D eigenvalue weighted by atomic mass is 16.8. The zero-order chi connectivity index (χ0) is 27.0. The Bertz CT molecular complexity index is 1270. The van der Waals surface area contributed by atoms with Crippen molar-refractivity contribution in [2.24, 2.45) is 17.6 Å². The van der Waals surface area contributed by atoms with Gasteiger partial charge in [0.25, 0.3) is 5.91 Å². The van der Waals surface area contributed by atoms with Gasteiger partial charge in [-0.05, 0) is 50.1 Å². The molecule has 0 aromatic heterocycles. The van der Waals surface area contributed by atoms with Gasteiger partial charge in [0.15, 0.2) is 22.9 Å². The first-order chi connectivity index (χ1) is 16.7. The van der Waals surface area contributed by atoms with Gasteiger partial charge in [-0.2, -0.15) is 0 Å². The van der Waals surface area contributed by atoms with E-state index in [1.165, 1.54) is 25.1 Å². The van der Waals surface area contributed by atoms with E-state index in [-0.39, 0.29) is 23.6 Å². The molecule has 0 aliphatic heterocycles. The Morgan fingerprint density at radius 3 is 2.25 bits per heavy atom. The molecule has 0 saturated heterocycles. The predicted molar refractivity (Wildman–Crippen MR) is 122 cm³/mol. The minimum absolute atomic E-state index is 0.0361. The van der Waals surface area contributed by atoms with E-state index in [1.54, 1.807) is 19.0 Å². The van der Waals surface area contributed by atoms with Gasteiger partial charge >= 0.3 is 0 Å². The summed E-state index contributed by atoms with van der Waals surface area (Å²) in [7, 11) is 6.29. The lowest BCUT2D eigenvalue weighted by Crippen LogP contribution is -2.65. The van der Waals surface area contributed by atoms with Crippen molar-refractivity contribution in [3.8, 4) is 5.75 Å². The maximum atomic E-state index is 13.8. The Morgan fingerprint density at radius 2 is 1.75 bits per heavy atom. The Kier molecular flexibility index (Phi) is 5.79. The summed E-state index contributed by atoms with van der Waals surface area (Å²) in [6, 6.07) is 0.0604. The first-order valence-corrected chi connectivity index (χ1v) is 11.0. The SMILES string of the molecule is CN(C)c1cc(N(O)O)c(O)c2c1CC1CC3[C@H](N(C)C)C(=O)C(C(N)=O)=C(O)[C@@]3(O)C(=O)C1=C2[O-]. The van der Waals surface area contributed by atoms with Crippen molar-refractivity contribution in [3.63, 3.8) is 0 Å². The largest absolute Gasteiger partial charge is 0.872 e. The third-order valence-corrected chi connectivity index (χ3v) is 7.35. The molecule has 194 valence electrons. The number of rotatable bonds is 4. The standard InChI is InChI=1S/C23H28N4O9/c1-25(2)11-7-12(27(35)36)17(28)14-9(11)5-8-6-10-16(26(3)4)19(30)15(22(24)33)21(32)23(10,34)20(31)13(8)18(14)29/h7-8,10,16,28-29,32,34-36H,5-6H2,1-4H3,(H2,24,33)/p-1/t8?,10?,16-,23-/m0/s1. The van der Waals surface area contributed by atoms with Crippen LogP contribution in [-0.4, -0.2) is 87.9 Å². The van der Waals surface area contributed by atoms with Crippen LogP contribution in [0.4, 0.5) is 11.4 Å². The molecule has 4 rings (SSSR count). The molecule has 1 fully saturated rings. The van der Waals surface area contributed by atoms with Gasteiger partial charge in [-0.15, -0.1) is 5.23 Å². The average Bonchev–Trinajstić information content (AvgIpc) is 2.75. The fourth-order valence-electron chi connectivity index (χ4n) is 5.81. The maximum absolute atomic E-state index is 13.8. The summed E-state index contributed by atoms with van der Waals surface area (Å²) < 4.78 is 0. The predicted octanol–water partition coefficient (Wildman–Crippen LogP) is -1.58. The third kappa shape index (κ3) is 3.20. The molecular weight excluding hydrogens is 476 g/mol. The lowest BCUT2D eigenvalue weighted by atomic mass is 9.57. The van der Waals surface area contributed by atoms with Crippen LogP contribution in [0.3, 0.4) is 0 Å². The summed E-state index contributed by atoms with van der Waals surface area (Å²) in [5, 5.41) is 65.5. The number of carbonyl (C=O) groups excluding carboxylic acids is 3. The van der Waals surface area contributed by atoms with Crippen LogP contribution in [0.1, 0.15) is 17.5 Å². The number of Topliss-reactive ketones (excluding diaryl/α,β-unsaturated/α-hetero) is 2. The van der Waals surface area contributed by atoms with Crippen molar-refractivity contribution >= 4 is 34.6 Å². The van der Waals surface area contributed by atoms with Gasteiger partial charge < -0.3 is 31.1 Å². The summed E-state index contributed by atoms with van der Waals surface area (Å²) >= 11 is 0. The van der Waals surface area contributed by atoms with E-state index in [9.17, 15) is 45.2 Å². The number of likely N-dealkylation sites (N-methyl/N-ethyl adjacent to an activating group) is 1. The molecule has 2 unspecified atom stereocenters. The second-order valence-electron chi connectivity index (χ2n) is 9.74. The molecule has 7 N–H and O–H groups in total. The monoisotopic (exact) mass is 503 g/mol. The van der Waals surface area contributed by atoms with Gasteiger partial charge in [-0.1, -0.05) is 5.76 Å². The summed E-state index contributed by atoms with van der Waals surface area (Å²) in [5.41, 5.74) is 0.969. The molecule has 0 spiro atoms. The number of ketones is 2. The van der Waals surface area contributed by atoms with Crippen LogP contribution in [-0.2, 0) is 20.8 Å². The van der Waals surface area contributed by atoms with Gasteiger partial charge in [0.05, 0.1) is 6.04 Å². The minimum atomic E-state index is -2.79. The Hall–Kier alpha value is -3.65. The Labute approximate surface area is 205 Å². The topological polar surface area (TPSA) is 211 Å². The number of amides is 1. The number of primary amides is 1. The van der Waals surface area contributed by atoms with Crippen LogP contribution in [0.15, 0.2) is 23.0 Å². The number of aliphatic hydroxyl groups excluding tert-OH is 1. The molecule has 0 heterocycles. The molecule has 36 heavy (non-hydrogen) atoms. The number of hydrogen-bond acceptors (Lipinski definition) is 12. The van der Waals surface area contributed by atoms with Crippen LogP contribution in [0.25, 0.3) is 5.76 Å². The first kappa shape index (κ1) is 25.4. The number of fused-ring (bicyclic) bond motifs is 3. The number of benzene rings is 1. The number of phenolic OH excluding ortho intramolecular Hbond substituents is 1. The zero-order valence-corrected chi connectivity index (χ0v) is 20.0. The minimum Gasteiger partial charge on any atom is -0.872 e. The number of anilines is 2. The number of carbonyl (C=O) groups is 3. The number of hydrogen-bond donors (Lipinski definition) is 6.